The fourth-order valence-corrected chi connectivity index (χ4v) is 1.50. The Labute approximate surface area is 115 Å². The van der Waals surface area contributed by atoms with Gasteiger partial charge in [-0.3, -0.25) is 10.3 Å². The van der Waals surface area contributed by atoms with Gasteiger partial charge in [-0.25, -0.2) is 13.6 Å². The van der Waals surface area contributed by atoms with Crippen molar-refractivity contribution < 1.29 is 13.6 Å². The van der Waals surface area contributed by atoms with E-state index in [-0.39, 0.29) is 11.6 Å². The van der Waals surface area contributed by atoms with E-state index in [1.165, 1.54) is 12.6 Å². The summed E-state index contributed by atoms with van der Waals surface area (Å²) in [7, 11) is 0. The van der Waals surface area contributed by atoms with Crippen LogP contribution in [0.25, 0.3) is 0 Å². The number of unbranched alkanes of at least 4 members (excludes halogenated alkanes) is 1. The maximum Gasteiger partial charge on any atom is 0.319 e. The molecule has 0 aliphatic heterocycles. The molecule has 1 aromatic rings. The summed E-state index contributed by atoms with van der Waals surface area (Å²) >= 11 is 0. The zero-order valence-corrected chi connectivity index (χ0v) is 10.7. The van der Waals surface area contributed by atoms with Crippen LogP contribution >= 0.6 is 0 Å². The molecule has 0 aliphatic carbocycles. The van der Waals surface area contributed by atoms with Crippen LogP contribution in [0.1, 0.15) is 12.8 Å². The molecule has 2 amide bonds. The van der Waals surface area contributed by atoms with Crippen molar-refractivity contribution in [2.45, 2.75) is 12.8 Å². The van der Waals surface area contributed by atoms with Crippen LogP contribution in [-0.2, 0) is 0 Å². The predicted molar refractivity (Wildman–Crippen MR) is 71.9 cm³/mol. The molecule has 8 heteroatoms. The monoisotopic (exact) mass is 284 g/mol. The third kappa shape index (κ3) is 4.71. The number of hydrogen-bond donors (Lipinski definition) is 4. The first-order valence-electron chi connectivity index (χ1n) is 5.86. The smallest absolute Gasteiger partial charge is 0.319 e. The van der Waals surface area contributed by atoms with Gasteiger partial charge in [-0.1, -0.05) is 0 Å². The molecule has 0 saturated heterocycles. The molecule has 0 saturated carbocycles. The number of benzene rings is 1. The zero-order chi connectivity index (χ0) is 15.1. The summed E-state index contributed by atoms with van der Waals surface area (Å²) in [6.07, 6.45) is 1.04. The van der Waals surface area contributed by atoms with Gasteiger partial charge < -0.3 is 16.8 Å². The van der Waals surface area contributed by atoms with Gasteiger partial charge in [0.1, 0.15) is 0 Å². The number of nitrogens with one attached hydrogen (secondary N) is 2. The van der Waals surface area contributed by atoms with E-state index < -0.39 is 17.7 Å². The van der Waals surface area contributed by atoms with E-state index >= 15 is 0 Å². The Morgan fingerprint density at radius 2 is 2.05 bits per heavy atom. The zero-order valence-electron chi connectivity index (χ0n) is 10.7. The molecule has 0 aliphatic rings. The number of urea groups is 1. The highest BCUT2D eigenvalue weighted by atomic mass is 19.2. The number of primary amides is 1. The highest BCUT2D eigenvalue weighted by Crippen LogP contribution is 2.20. The number of carbonyl (C=O) groups is 1. The van der Waals surface area contributed by atoms with Gasteiger partial charge in [0.25, 0.3) is 0 Å². The quantitative estimate of drug-likeness (QED) is 0.359. The summed E-state index contributed by atoms with van der Waals surface area (Å²) in [6.45, 7) is 1.92. The van der Waals surface area contributed by atoms with Gasteiger partial charge in [0, 0.05) is 18.3 Å². The Morgan fingerprint density at radius 3 is 2.60 bits per heavy atom. The summed E-state index contributed by atoms with van der Waals surface area (Å²) in [6, 6.07) is 2.28. The minimum absolute atomic E-state index is 0.141. The number of nitrogens with zero attached hydrogens (tertiary/aromatic N) is 1. The van der Waals surface area contributed by atoms with Crippen LogP contribution in [0.2, 0.25) is 0 Å². The van der Waals surface area contributed by atoms with E-state index in [1.807, 2.05) is 0 Å². The van der Waals surface area contributed by atoms with Crippen molar-refractivity contribution in [1.29, 1.82) is 5.41 Å². The summed E-state index contributed by atoms with van der Waals surface area (Å²) in [5.74, 6) is -2.19. The average Bonchev–Trinajstić information content (AvgIpc) is 2.36. The SMILES string of the molecule is N=C(N)NCCC[CH]N(C(N)=O)c1ccc(F)c(F)c1. The van der Waals surface area contributed by atoms with Gasteiger partial charge >= 0.3 is 6.03 Å². The van der Waals surface area contributed by atoms with E-state index in [2.05, 4.69) is 5.32 Å². The van der Waals surface area contributed by atoms with Crippen molar-refractivity contribution in [3.63, 3.8) is 0 Å². The third-order valence-corrected chi connectivity index (χ3v) is 2.43. The molecule has 20 heavy (non-hydrogen) atoms. The number of halogens is 2. The van der Waals surface area contributed by atoms with Crippen LogP contribution in [0, 0.1) is 23.6 Å². The second kappa shape index (κ2) is 7.27. The summed E-state index contributed by atoms with van der Waals surface area (Å²) < 4.78 is 26.0. The highest BCUT2D eigenvalue weighted by Gasteiger charge is 2.14. The lowest BCUT2D eigenvalue weighted by Gasteiger charge is -2.20. The number of rotatable bonds is 6. The Balaban J connectivity index is 2.58. The fraction of sp³-hybridized carbons (Fsp3) is 0.250. The molecule has 6 N–H and O–H groups in total. The number of hydrogen-bond acceptors (Lipinski definition) is 2. The van der Waals surface area contributed by atoms with Gasteiger partial charge in [0.05, 0.1) is 6.54 Å². The molecule has 0 heterocycles. The van der Waals surface area contributed by atoms with E-state index in [4.69, 9.17) is 16.9 Å². The second-order valence-corrected chi connectivity index (χ2v) is 3.97. The lowest BCUT2D eigenvalue weighted by atomic mass is 10.2. The van der Waals surface area contributed by atoms with Crippen LogP contribution < -0.4 is 21.7 Å². The number of nitrogens with two attached hydrogens (primary N) is 2. The molecule has 0 spiro atoms. The van der Waals surface area contributed by atoms with E-state index in [1.54, 1.807) is 0 Å². The van der Waals surface area contributed by atoms with Crippen molar-refractivity contribution >= 4 is 17.7 Å². The number of carbonyl (C=O) groups excluding carboxylic acids is 1. The summed E-state index contributed by atoms with van der Waals surface area (Å²) in [5.41, 5.74) is 10.4. The molecule has 109 valence electrons. The Hall–Kier alpha value is -2.38. The molecule has 0 fully saturated rings. The second-order valence-electron chi connectivity index (χ2n) is 3.97. The summed E-state index contributed by atoms with van der Waals surface area (Å²) in [4.78, 5) is 12.3. The first-order chi connectivity index (χ1) is 9.41. The Kier molecular flexibility index (Phi) is 5.70. The molecular formula is C12H16F2N5O. The van der Waals surface area contributed by atoms with Crippen molar-refractivity contribution in [2.24, 2.45) is 11.5 Å². The molecule has 0 bridgehead atoms. The number of anilines is 1. The lowest BCUT2D eigenvalue weighted by Crippen LogP contribution is -2.34. The van der Waals surface area contributed by atoms with Gasteiger partial charge in [-0.15, -0.1) is 0 Å². The van der Waals surface area contributed by atoms with Gasteiger partial charge in [0.2, 0.25) is 0 Å². The largest absolute Gasteiger partial charge is 0.370 e. The third-order valence-electron chi connectivity index (χ3n) is 2.43. The first-order valence-corrected chi connectivity index (χ1v) is 5.86. The minimum Gasteiger partial charge on any atom is -0.370 e. The average molecular weight is 284 g/mol. The van der Waals surface area contributed by atoms with Crippen molar-refractivity contribution in [3.05, 3.63) is 36.4 Å². The maximum absolute atomic E-state index is 13.1. The molecule has 0 unspecified atom stereocenters. The molecule has 0 atom stereocenters. The van der Waals surface area contributed by atoms with E-state index in [0.29, 0.717) is 19.4 Å². The molecule has 1 radical (unpaired) electrons. The summed E-state index contributed by atoms with van der Waals surface area (Å²) in [5, 5.41) is 9.56. The molecular weight excluding hydrogens is 268 g/mol. The van der Waals surface area contributed by atoms with Crippen LogP contribution in [-0.4, -0.2) is 18.5 Å². The van der Waals surface area contributed by atoms with Crippen LogP contribution in [0.3, 0.4) is 0 Å². The van der Waals surface area contributed by atoms with Crippen molar-refractivity contribution in [2.75, 3.05) is 11.4 Å². The molecule has 0 aromatic heterocycles. The molecule has 1 aromatic carbocycles. The van der Waals surface area contributed by atoms with E-state index in [9.17, 15) is 13.6 Å². The number of amides is 2. The topological polar surface area (TPSA) is 108 Å². The van der Waals surface area contributed by atoms with Gasteiger partial charge in [0.15, 0.2) is 17.6 Å². The van der Waals surface area contributed by atoms with Crippen LogP contribution in [0.15, 0.2) is 18.2 Å². The lowest BCUT2D eigenvalue weighted by molar-refractivity contribution is 0.255. The Bertz CT molecular complexity index is 495. The fourth-order valence-electron chi connectivity index (χ4n) is 1.50. The van der Waals surface area contributed by atoms with Crippen molar-refractivity contribution in [3.8, 4) is 0 Å². The maximum atomic E-state index is 13.1. The standard InChI is InChI=1S/C12H16F2N5O/c13-9-4-3-8(7-10(9)14)19(12(17)20)6-2-1-5-18-11(15)16/h3-4,6-7H,1-2,5H2,(H2,17,20)(H4,15,16,18). The number of guanidine groups is 1. The predicted octanol–water partition coefficient (Wildman–Crippen LogP) is 1.27. The van der Waals surface area contributed by atoms with Crippen LogP contribution in [0.4, 0.5) is 19.3 Å². The molecule has 6 nitrogen and oxygen atoms in total. The molecule has 1 rings (SSSR count). The van der Waals surface area contributed by atoms with Gasteiger partial charge in [-0.05, 0) is 25.0 Å². The van der Waals surface area contributed by atoms with Gasteiger partial charge in [-0.2, -0.15) is 0 Å². The van der Waals surface area contributed by atoms with E-state index in [0.717, 1.165) is 17.0 Å². The Morgan fingerprint density at radius 1 is 1.35 bits per heavy atom. The highest BCUT2D eigenvalue weighted by molar-refractivity contribution is 5.91. The normalized spacial score (nSPS) is 10.1. The van der Waals surface area contributed by atoms with Crippen molar-refractivity contribution in [1.82, 2.24) is 5.32 Å². The minimum atomic E-state index is -1.06. The van der Waals surface area contributed by atoms with Crippen LogP contribution in [0.5, 0.6) is 0 Å². The first kappa shape index (κ1) is 15.7.